The molecular formula is C18H17Cl2F. The minimum absolute atomic E-state index is 0.159. The molecule has 1 aliphatic rings. The molecule has 0 spiro atoms. The van der Waals surface area contributed by atoms with Crippen LogP contribution in [-0.4, -0.2) is 4.87 Å². The number of aryl methyl sites for hydroxylation is 1. The summed E-state index contributed by atoms with van der Waals surface area (Å²) in [6.45, 7) is 4.18. The van der Waals surface area contributed by atoms with Crippen LogP contribution in [0.1, 0.15) is 42.4 Å². The minimum atomic E-state index is -0.388. The zero-order valence-corrected chi connectivity index (χ0v) is 13.5. The Balaban J connectivity index is 1.91. The van der Waals surface area contributed by atoms with Gasteiger partial charge < -0.3 is 0 Å². The third kappa shape index (κ3) is 2.58. The number of benzene rings is 2. The SMILES string of the molecule is CCc1ccc(C2C(c3ccc(F)c(Cl)c3)C2(C)Cl)cc1. The van der Waals surface area contributed by atoms with Crippen molar-refractivity contribution < 1.29 is 4.39 Å². The lowest BCUT2D eigenvalue weighted by molar-refractivity contribution is 0.627. The first kappa shape index (κ1) is 14.9. The van der Waals surface area contributed by atoms with Crippen LogP contribution in [0.5, 0.6) is 0 Å². The molecule has 3 heteroatoms. The Bertz CT molecular complexity index is 661. The maximum absolute atomic E-state index is 13.3. The van der Waals surface area contributed by atoms with Gasteiger partial charge in [0.15, 0.2) is 0 Å². The predicted molar refractivity (Wildman–Crippen MR) is 87.0 cm³/mol. The maximum Gasteiger partial charge on any atom is 0.141 e. The van der Waals surface area contributed by atoms with E-state index in [0.717, 1.165) is 12.0 Å². The summed E-state index contributed by atoms with van der Waals surface area (Å²) in [6, 6.07) is 13.5. The Hall–Kier alpha value is -1.05. The molecule has 0 saturated heterocycles. The molecule has 1 saturated carbocycles. The zero-order valence-electron chi connectivity index (χ0n) is 12.0. The van der Waals surface area contributed by atoms with E-state index in [2.05, 4.69) is 31.2 Å². The van der Waals surface area contributed by atoms with Crippen LogP contribution in [0.4, 0.5) is 4.39 Å². The highest BCUT2D eigenvalue weighted by Crippen LogP contribution is 2.67. The zero-order chi connectivity index (χ0) is 15.2. The van der Waals surface area contributed by atoms with Gasteiger partial charge in [0.05, 0.1) is 9.90 Å². The molecule has 1 aliphatic carbocycles. The van der Waals surface area contributed by atoms with E-state index in [1.807, 2.05) is 6.92 Å². The van der Waals surface area contributed by atoms with E-state index in [0.29, 0.717) is 0 Å². The van der Waals surface area contributed by atoms with Crippen molar-refractivity contribution in [2.45, 2.75) is 37.0 Å². The Morgan fingerprint density at radius 2 is 1.62 bits per heavy atom. The summed E-state index contributed by atoms with van der Waals surface area (Å²) in [5.74, 6) is 0.0255. The van der Waals surface area contributed by atoms with Crippen LogP contribution in [0, 0.1) is 5.82 Å². The Morgan fingerprint density at radius 3 is 2.19 bits per heavy atom. The standard InChI is InChI=1S/C18H17Cl2F/c1-3-11-4-6-12(7-5-11)16-17(18(16,2)20)13-8-9-15(21)14(19)10-13/h4-10,16-17H,3H2,1-2H3. The van der Waals surface area contributed by atoms with Crippen molar-refractivity contribution in [2.75, 3.05) is 0 Å². The fraction of sp³-hybridized carbons (Fsp3) is 0.333. The van der Waals surface area contributed by atoms with E-state index in [9.17, 15) is 4.39 Å². The Labute approximate surface area is 134 Å². The first-order chi connectivity index (χ1) is 9.95. The largest absolute Gasteiger partial charge is 0.205 e. The van der Waals surface area contributed by atoms with Gasteiger partial charge in [-0.2, -0.15) is 0 Å². The number of halogens is 3. The topological polar surface area (TPSA) is 0 Å². The monoisotopic (exact) mass is 322 g/mol. The lowest BCUT2D eigenvalue weighted by atomic mass is 10.0. The highest BCUT2D eigenvalue weighted by molar-refractivity contribution is 6.31. The normalized spacial score (nSPS) is 27.7. The van der Waals surface area contributed by atoms with E-state index in [-0.39, 0.29) is 27.5 Å². The average molecular weight is 323 g/mol. The second-order valence-electron chi connectivity index (χ2n) is 5.88. The molecule has 3 unspecified atom stereocenters. The van der Waals surface area contributed by atoms with Crippen LogP contribution in [0.15, 0.2) is 42.5 Å². The highest BCUT2D eigenvalue weighted by Gasteiger charge is 2.61. The van der Waals surface area contributed by atoms with Crippen molar-refractivity contribution in [3.63, 3.8) is 0 Å². The van der Waals surface area contributed by atoms with Crippen molar-refractivity contribution >= 4 is 23.2 Å². The second kappa shape index (κ2) is 5.30. The molecule has 3 rings (SSSR count). The molecule has 0 aliphatic heterocycles. The number of rotatable bonds is 3. The summed E-state index contributed by atoms with van der Waals surface area (Å²) >= 11 is 12.6. The summed E-state index contributed by atoms with van der Waals surface area (Å²) in [5.41, 5.74) is 3.55. The van der Waals surface area contributed by atoms with Gasteiger partial charge in [-0.15, -0.1) is 11.6 Å². The van der Waals surface area contributed by atoms with E-state index in [1.54, 1.807) is 12.1 Å². The summed E-state index contributed by atoms with van der Waals surface area (Å²) in [4.78, 5) is -0.338. The number of alkyl halides is 1. The Kier molecular flexibility index (Phi) is 3.75. The Morgan fingerprint density at radius 1 is 1.05 bits per heavy atom. The lowest BCUT2D eigenvalue weighted by Gasteiger charge is -2.03. The number of hydrogen-bond acceptors (Lipinski definition) is 0. The van der Waals surface area contributed by atoms with Crippen molar-refractivity contribution in [3.8, 4) is 0 Å². The van der Waals surface area contributed by atoms with Gasteiger partial charge in [-0.1, -0.05) is 48.9 Å². The van der Waals surface area contributed by atoms with Crippen molar-refractivity contribution in [2.24, 2.45) is 0 Å². The fourth-order valence-corrected chi connectivity index (χ4v) is 3.82. The summed E-state index contributed by atoms with van der Waals surface area (Å²) < 4.78 is 13.3. The van der Waals surface area contributed by atoms with E-state index >= 15 is 0 Å². The van der Waals surface area contributed by atoms with Crippen molar-refractivity contribution in [1.29, 1.82) is 0 Å². The van der Waals surface area contributed by atoms with Gasteiger partial charge in [0.2, 0.25) is 0 Å². The van der Waals surface area contributed by atoms with Crippen LogP contribution < -0.4 is 0 Å². The predicted octanol–water partition coefficient (Wildman–Crippen LogP) is 5.92. The van der Waals surface area contributed by atoms with Crippen molar-refractivity contribution in [3.05, 3.63) is 70.0 Å². The molecule has 0 aromatic heterocycles. The average Bonchev–Trinajstić information content (AvgIpc) is 3.04. The van der Waals surface area contributed by atoms with Crippen LogP contribution in [-0.2, 0) is 6.42 Å². The third-order valence-corrected chi connectivity index (χ3v) is 5.25. The molecule has 110 valence electrons. The van der Waals surface area contributed by atoms with Crippen molar-refractivity contribution in [1.82, 2.24) is 0 Å². The van der Waals surface area contributed by atoms with E-state index in [4.69, 9.17) is 23.2 Å². The van der Waals surface area contributed by atoms with E-state index < -0.39 is 0 Å². The van der Waals surface area contributed by atoms with Crippen LogP contribution in [0.25, 0.3) is 0 Å². The number of hydrogen-bond donors (Lipinski definition) is 0. The molecule has 0 heterocycles. The summed E-state index contributed by atoms with van der Waals surface area (Å²) in [5, 5.41) is 0.159. The maximum atomic E-state index is 13.3. The first-order valence-corrected chi connectivity index (χ1v) is 7.93. The molecule has 0 amide bonds. The molecule has 0 bridgehead atoms. The van der Waals surface area contributed by atoms with E-state index in [1.165, 1.54) is 17.2 Å². The van der Waals surface area contributed by atoms with Gasteiger partial charge in [0.25, 0.3) is 0 Å². The van der Waals surface area contributed by atoms with Gasteiger partial charge >= 0.3 is 0 Å². The summed E-state index contributed by atoms with van der Waals surface area (Å²) in [6.07, 6.45) is 1.03. The van der Waals surface area contributed by atoms with Gasteiger partial charge in [-0.3, -0.25) is 0 Å². The summed E-state index contributed by atoms with van der Waals surface area (Å²) in [7, 11) is 0. The first-order valence-electron chi connectivity index (χ1n) is 7.18. The van der Waals surface area contributed by atoms with Gasteiger partial charge in [0.1, 0.15) is 5.82 Å². The molecular weight excluding hydrogens is 306 g/mol. The molecule has 0 radical (unpaired) electrons. The van der Waals surface area contributed by atoms with Gasteiger partial charge in [0, 0.05) is 11.8 Å². The van der Waals surface area contributed by atoms with Crippen LogP contribution in [0.2, 0.25) is 5.02 Å². The van der Waals surface area contributed by atoms with Gasteiger partial charge in [-0.25, -0.2) is 4.39 Å². The quantitative estimate of drug-likeness (QED) is 0.615. The molecule has 3 atom stereocenters. The molecule has 0 nitrogen and oxygen atoms in total. The lowest BCUT2D eigenvalue weighted by Crippen LogP contribution is -1.95. The fourth-order valence-electron chi connectivity index (χ4n) is 3.19. The van der Waals surface area contributed by atoms with Crippen LogP contribution >= 0.6 is 23.2 Å². The molecule has 2 aromatic carbocycles. The molecule has 0 N–H and O–H groups in total. The highest BCUT2D eigenvalue weighted by atomic mass is 35.5. The molecule has 21 heavy (non-hydrogen) atoms. The van der Waals surface area contributed by atoms with Gasteiger partial charge in [-0.05, 0) is 42.2 Å². The smallest absolute Gasteiger partial charge is 0.141 e. The van der Waals surface area contributed by atoms with Crippen LogP contribution in [0.3, 0.4) is 0 Å². The second-order valence-corrected chi connectivity index (χ2v) is 7.10. The third-order valence-electron chi connectivity index (χ3n) is 4.49. The molecule has 2 aromatic rings. The minimum Gasteiger partial charge on any atom is -0.205 e. The molecule has 1 fully saturated rings.